The van der Waals surface area contributed by atoms with Crippen LogP contribution in [-0.2, 0) is 0 Å². The van der Waals surface area contributed by atoms with Crippen molar-refractivity contribution in [2.75, 3.05) is 5.32 Å². The number of anilines is 1. The third-order valence-corrected chi connectivity index (χ3v) is 4.53. The Labute approximate surface area is 158 Å². The van der Waals surface area contributed by atoms with E-state index in [1.54, 1.807) is 0 Å². The molecule has 1 unspecified atom stereocenters. The molecule has 0 bridgehead atoms. The van der Waals surface area contributed by atoms with Crippen LogP contribution in [0.3, 0.4) is 0 Å². The van der Waals surface area contributed by atoms with Crippen molar-refractivity contribution in [3.05, 3.63) is 65.5 Å². The molecule has 1 fully saturated rings. The highest BCUT2D eigenvalue weighted by atomic mass is 16.4. The Bertz CT molecular complexity index is 945. The quantitative estimate of drug-likeness (QED) is 0.690. The lowest BCUT2D eigenvalue weighted by atomic mass is 10.1. The van der Waals surface area contributed by atoms with Crippen LogP contribution in [0.25, 0.3) is 11.5 Å². The molecule has 1 heterocycles. The van der Waals surface area contributed by atoms with Gasteiger partial charge in [0.15, 0.2) is 0 Å². The predicted molar refractivity (Wildman–Crippen MR) is 103 cm³/mol. The van der Waals surface area contributed by atoms with Gasteiger partial charge in [-0.15, -0.1) is 10.2 Å². The zero-order valence-corrected chi connectivity index (χ0v) is 15.4. The van der Waals surface area contributed by atoms with Gasteiger partial charge in [0.05, 0.1) is 0 Å². The van der Waals surface area contributed by atoms with Gasteiger partial charge < -0.3 is 15.1 Å². The van der Waals surface area contributed by atoms with Crippen molar-refractivity contribution < 1.29 is 9.21 Å². The fourth-order valence-electron chi connectivity index (χ4n) is 2.78. The Morgan fingerprint density at radius 2 is 1.93 bits per heavy atom. The number of carbonyl (C=O) groups excluding carboxylic acids is 1. The Balaban J connectivity index is 1.45. The van der Waals surface area contributed by atoms with Crippen molar-refractivity contribution in [1.29, 1.82) is 0 Å². The second-order valence-corrected chi connectivity index (χ2v) is 7.01. The smallest absolute Gasteiger partial charge is 0.251 e. The van der Waals surface area contributed by atoms with Crippen LogP contribution in [0.2, 0.25) is 0 Å². The number of carbonyl (C=O) groups is 1. The lowest BCUT2D eigenvalue weighted by Gasteiger charge is -2.12. The summed E-state index contributed by atoms with van der Waals surface area (Å²) in [6.45, 7) is 3.98. The van der Waals surface area contributed by atoms with E-state index in [2.05, 4.69) is 20.8 Å². The van der Waals surface area contributed by atoms with Crippen molar-refractivity contribution in [2.24, 2.45) is 0 Å². The molecule has 0 saturated heterocycles. The van der Waals surface area contributed by atoms with Crippen molar-refractivity contribution in [3.63, 3.8) is 0 Å². The first-order chi connectivity index (χ1) is 13.1. The maximum Gasteiger partial charge on any atom is 0.251 e. The number of rotatable bonds is 6. The summed E-state index contributed by atoms with van der Waals surface area (Å²) in [4.78, 5) is 12.2. The molecular weight excluding hydrogens is 340 g/mol. The summed E-state index contributed by atoms with van der Waals surface area (Å²) in [7, 11) is 0. The zero-order valence-electron chi connectivity index (χ0n) is 15.4. The van der Waals surface area contributed by atoms with Gasteiger partial charge in [-0.2, -0.15) is 0 Å². The Morgan fingerprint density at radius 3 is 2.67 bits per heavy atom. The van der Waals surface area contributed by atoms with Crippen LogP contribution in [0.15, 0.2) is 52.9 Å². The first-order valence-corrected chi connectivity index (χ1v) is 9.16. The van der Waals surface area contributed by atoms with E-state index in [9.17, 15) is 4.79 Å². The van der Waals surface area contributed by atoms with Gasteiger partial charge in [0, 0.05) is 22.9 Å². The van der Waals surface area contributed by atoms with Gasteiger partial charge in [-0.05, 0) is 57.0 Å². The van der Waals surface area contributed by atoms with Gasteiger partial charge in [-0.1, -0.05) is 23.8 Å². The molecular formula is C21H22N4O2. The third kappa shape index (κ3) is 4.16. The molecule has 1 aliphatic carbocycles. The SMILES string of the molecule is Cc1ccc(-c2nnc(C(C)Nc3cccc(C(=O)NC4CC4)c3)o2)cc1. The molecule has 2 N–H and O–H groups in total. The highest BCUT2D eigenvalue weighted by molar-refractivity contribution is 5.95. The fraction of sp³-hybridized carbons (Fsp3) is 0.286. The monoisotopic (exact) mass is 362 g/mol. The Kier molecular flexibility index (Phi) is 4.62. The van der Waals surface area contributed by atoms with Crippen molar-refractivity contribution in [3.8, 4) is 11.5 Å². The van der Waals surface area contributed by atoms with Gasteiger partial charge in [0.2, 0.25) is 11.8 Å². The minimum Gasteiger partial charge on any atom is -0.418 e. The van der Waals surface area contributed by atoms with Gasteiger partial charge in [0.25, 0.3) is 5.91 Å². The van der Waals surface area contributed by atoms with Gasteiger partial charge >= 0.3 is 0 Å². The molecule has 0 radical (unpaired) electrons. The topological polar surface area (TPSA) is 80.0 Å². The normalized spacial score (nSPS) is 14.6. The highest BCUT2D eigenvalue weighted by Crippen LogP contribution is 2.24. The summed E-state index contributed by atoms with van der Waals surface area (Å²) in [5, 5.41) is 14.6. The first-order valence-electron chi connectivity index (χ1n) is 9.16. The minimum absolute atomic E-state index is 0.0340. The van der Waals surface area contributed by atoms with Crippen LogP contribution >= 0.6 is 0 Å². The maximum absolute atomic E-state index is 12.2. The van der Waals surface area contributed by atoms with Crippen LogP contribution in [0.4, 0.5) is 5.69 Å². The standard InChI is InChI=1S/C21H22N4O2/c1-13-6-8-15(9-7-13)21-25-24-20(27-21)14(2)22-18-5-3-4-16(12-18)19(26)23-17-10-11-17/h3-9,12,14,17,22H,10-11H2,1-2H3,(H,23,26). The summed E-state index contributed by atoms with van der Waals surface area (Å²) in [6.07, 6.45) is 2.14. The molecule has 3 aromatic rings. The van der Waals surface area contributed by atoms with Crippen molar-refractivity contribution >= 4 is 11.6 Å². The van der Waals surface area contributed by atoms with Crippen LogP contribution < -0.4 is 10.6 Å². The van der Waals surface area contributed by atoms with E-state index >= 15 is 0 Å². The molecule has 1 saturated carbocycles. The van der Waals surface area contributed by atoms with Crippen molar-refractivity contribution in [1.82, 2.24) is 15.5 Å². The average molecular weight is 362 g/mol. The number of amides is 1. The van der Waals surface area contributed by atoms with E-state index in [1.165, 1.54) is 5.56 Å². The van der Waals surface area contributed by atoms with Crippen molar-refractivity contribution in [2.45, 2.75) is 38.8 Å². The number of aromatic nitrogens is 2. The molecule has 4 rings (SSSR count). The first kappa shape index (κ1) is 17.3. The lowest BCUT2D eigenvalue weighted by Crippen LogP contribution is -2.25. The molecule has 138 valence electrons. The molecule has 1 aliphatic rings. The zero-order chi connectivity index (χ0) is 18.8. The molecule has 6 heteroatoms. The van der Waals surface area contributed by atoms with E-state index in [1.807, 2.05) is 62.4 Å². The van der Waals surface area contributed by atoms with E-state index in [0.717, 1.165) is 24.1 Å². The fourth-order valence-corrected chi connectivity index (χ4v) is 2.78. The molecule has 2 aromatic carbocycles. The number of hydrogen-bond acceptors (Lipinski definition) is 5. The summed E-state index contributed by atoms with van der Waals surface area (Å²) >= 11 is 0. The van der Waals surface area contributed by atoms with E-state index in [-0.39, 0.29) is 11.9 Å². The second kappa shape index (κ2) is 7.23. The molecule has 27 heavy (non-hydrogen) atoms. The molecule has 6 nitrogen and oxygen atoms in total. The summed E-state index contributed by atoms with van der Waals surface area (Å²) in [5.41, 5.74) is 3.55. The minimum atomic E-state index is -0.182. The molecule has 0 aliphatic heterocycles. The third-order valence-electron chi connectivity index (χ3n) is 4.53. The number of nitrogens with zero attached hydrogens (tertiary/aromatic N) is 2. The van der Waals surface area contributed by atoms with Crippen LogP contribution in [0.5, 0.6) is 0 Å². The van der Waals surface area contributed by atoms with Gasteiger partial charge in [0.1, 0.15) is 6.04 Å². The summed E-state index contributed by atoms with van der Waals surface area (Å²) in [5.74, 6) is 0.961. The van der Waals surface area contributed by atoms with Gasteiger partial charge in [-0.3, -0.25) is 4.79 Å². The summed E-state index contributed by atoms with van der Waals surface area (Å²) < 4.78 is 5.82. The highest BCUT2D eigenvalue weighted by Gasteiger charge is 2.24. The van der Waals surface area contributed by atoms with E-state index < -0.39 is 0 Å². The van der Waals surface area contributed by atoms with Crippen LogP contribution in [-0.4, -0.2) is 22.1 Å². The number of benzene rings is 2. The van der Waals surface area contributed by atoms with E-state index in [0.29, 0.717) is 23.4 Å². The van der Waals surface area contributed by atoms with Crippen LogP contribution in [0, 0.1) is 6.92 Å². The van der Waals surface area contributed by atoms with Crippen LogP contribution in [0.1, 0.15) is 47.6 Å². The van der Waals surface area contributed by atoms with Gasteiger partial charge in [-0.25, -0.2) is 0 Å². The number of nitrogens with one attached hydrogen (secondary N) is 2. The average Bonchev–Trinajstić information content (AvgIpc) is 3.34. The molecule has 1 aromatic heterocycles. The molecule has 1 amide bonds. The second-order valence-electron chi connectivity index (χ2n) is 7.01. The number of hydrogen-bond donors (Lipinski definition) is 2. The lowest BCUT2D eigenvalue weighted by molar-refractivity contribution is 0.0951. The maximum atomic E-state index is 12.2. The Hall–Kier alpha value is -3.15. The number of aryl methyl sites for hydroxylation is 1. The molecule has 0 spiro atoms. The van der Waals surface area contributed by atoms with E-state index in [4.69, 9.17) is 4.42 Å². The summed E-state index contributed by atoms with van der Waals surface area (Å²) in [6, 6.07) is 15.5. The largest absolute Gasteiger partial charge is 0.418 e. The molecule has 1 atom stereocenters. The Morgan fingerprint density at radius 1 is 1.15 bits per heavy atom. The predicted octanol–water partition coefficient (Wildman–Crippen LogP) is 4.11.